The van der Waals surface area contributed by atoms with Crippen molar-refractivity contribution in [3.63, 3.8) is 0 Å². The first kappa shape index (κ1) is 31.3. The van der Waals surface area contributed by atoms with Crippen LogP contribution in [0.25, 0.3) is 0 Å². The third-order valence-electron chi connectivity index (χ3n) is 6.85. The van der Waals surface area contributed by atoms with E-state index in [2.05, 4.69) is 21.2 Å². The van der Waals surface area contributed by atoms with Gasteiger partial charge in [-0.1, -0.05) is 88.2 Å². The Morgan fingerprint density at radius 1 is 0.857 bits per heavy atom. The lowest BCUT2D eigenvalue weighted by Gasteiger charge is -2.34. The van der Waals surface area contributed by atoms with Gasteiger partial charge in [0.1, 0.15) is 12.6 Å². The summed E-state index contributed by atoms with van der Waals surface area (Å²) in [5, 5.41) is 3.08. The SMILES string of the molecule is CNC(=O)C(Cc1ccccc1)N(Cc1ccc(Br)cc1)C(=O)CN(c1ccccc1C)S(=O)(=O)c1ccc(Cl)cc1. The standard InChI is InChI=1S/C32H31BrClN3O4S/c1-23-8-6-7-11-29(23)37(42(40,41)28-18-16-27(34)17-19-28)22-31(38)36(21-25-12-14-26(33)15-13-25)30(32(39)35-2)20-24-9-4-3-5-10-24/h3-19,30H,20-22H2,1-2H3,(H,35,39). The van der Waals surface area contributed by atoms with Gasteiger partial charge in [-0.2, -0.15) is 0 Å². The molecule has 0 heterocycles. The van der Waals surface area contributed by atoms with Crippen molar-refractivity contribution < 1.29 is 18.0 Å². The molecule has 7 nitrogen and oxygen atoms in total. The van der Waals surface area contributed by atoms with Gasteiger partial charge >= 0.3 is 0 Å². The van der Waals surface area contributed by atoms with E-state index in [0.29, 0.717) is 16.3 Å². The van der Waals surface area contributed by atoms with Crippen LogP contribution in [0.5, 0.6) is 0 Å². The lowest BCUT2D eigenvalue weighted by atomic mass is 10.0. The lowest BCUT2D eigenvalue weighted by molar-refractivity contribution is -0.139. The Labute approximate surface area is 260 Å². The minimum Gasteiger partial charge on any atom is -0.357 e. The zero-order valence-corrected chi connectivity index (χ0v) is 26.4. The smallest absolute Gasteiger partial charge is 0.264 e. The van der Waals surface area contributed by atoms with E-state index in [9.17, 15) is 18.0 Å². The minimum absolute atomic E-state index is 0.00505. The molecule has 0 radical (unpaired) electrons. The van der Waals surface area contributed by atoms with Crippen LogP contribution >= 0.6 is 27.5 Å². The van der Waals surface area contributed by atoms with Crippen molar-refractivity contribution in [2.24, 2.45) is 0 Å². The highest BCUT2D eigenvalue weighted by molar-refractivity contribution is 9.10. The van der Waals surface area contributed by atoms with E-state index in [4.69, 9.17) is 11.6 Å². The number of hydrogen-bond acceptors (Lipinski definition) is 4. The summed E-state index contributed by atoms with van der Waals surface area (Å²) in [6.45, 7) is 1.36. The highest BCUT2D eigenvalue weighted by atomic mass is 79.9. The number of likely N-dealkylation sites (N-methyl/N-ethyl adjacent to an activating group) is 1. The van der Waals surface area contributed by atoms with E-state index in [1.165, 1.54) is 36.2 Å². The molecular weight excluding hydrogens is 638 g/mol. The van der Waals surface area contributed by atoms with Crippen LogP contribution in [0.1, 0.15) is 16.7 Å². The Morgan fingerprint density at radius 3 is 2.10 bits per heavy atom. The predicted octanol–water partition coefficient (Wildman–Crippen LogP) is 5.99. The summed E-state index contributed by atoms with van der Waals surface area (Å²) in [4.78, 5) is 29.1. The molecule has 1 unspecified atom stereocenters. The molecule has 0 aromatic heterocycles. The second-order valence-electron chi connectivity index (χ2n) is 9.72. The van der Waals surface area contributed by atoms with E-state index in [1.54, 1.807) is 31.2 Å². The normalized spacial score (nSPS) is 11.9. The first-order valence-electron chi connectivity index (χ1n) is 13.2. The number of sulfonamides is 1. The fourth-order valence-electron chi connectivity index (χ4n) is 4.60. The summed E-state index contributed by atoms with van der Waals surface area (Å²) in [5.41, 5.74) is 2.69. The molecule has 0 aliphatic rings. The maximum atomic E-state index is 14.3. The summed E-state index contributed by atoms with van der Waals surface area (Å²) in [5.74, 6) is -0.879. The van der Waals surface area contributed by atoms with Crippen molar-refractivity contribution in [1.82, 2.24) is 10.2 Å². The second-order valence-corrected chi connectivity index (χ2v) is 12.9. The highest BCUT2D eigenvalue weighted by Crippen LogP contribution is 2.28. The predicted molar refractivity (Wildman–Crippen MR) is 170 cm³/mol. The molecular formula is C32H31BrClN3O4S. The number of amides is 2. The van der Waals surface area contributed by atoms with Gasteiger partial charge in [-0.25, -0.2) is 8.42 Å². The van der Waals surface area contributed by atoms with Crippen molar-refractivity contribution in [1.29, 1.82) is 0 Å². The average Bonchev–Trinajstić information content (AvgIpc) is 2.99. The van der Waals surface area contributed by atoms with Crippen LogP contribution in [-0.4, -0.2) is 44.8 Å². The summed E-state index contributed by atoms with van der Waals surface area (Å²) in [7, 11) is -2.67. The topological polar surface area (TPSA) is 86.8 Å². The first-order chi connectivity index (χ1) is 20.1. The number of benzene rings is 4. The number of aryl methyl sites for hydroxylation is 1. The monoisotopic (exact) mass is 667 g/mol. The molecule has 4 aromatic rings. The van der Waals surface area contributed by atoms with E-state index in [1.807, 2.05) is 54.6 Å². The molecule has 218 valence electrons. The maximum absolute atomic E-state index is 14.3. The molecule has 0 saturated heterocycles. The number of carbonyl (C=O) groups is 2. The zero-order valence-electron chi connectivity index (χ0n) is 23.2. The molecule has 0 aliphatic carbocycles. The van der Waals surface area contributed by atoms with Gasteiger partial charge < -0.3 is 10.2 Å². The maximum Gasteiger partial charge on any atom is 0.264 e. The summed E-state index contributed by atoms with van der Waals surface area (Å²) in [6, 6.07) is 28.7. The van der Waals surface area contributed by atoms with E-state index >= 15 is 0 Å². The number of carbonyl (C=O) groups excluding carboxylic acids is 2. The number of nitrogens with zero attached hydrogens (tertiary/aromatic N) is 2. The number of anilines is 1. The third-order valence-corrected chi connectivity index (χ3v) is 9.40. The Morgan fingerprint density at radius 2 is 1.48 bits per heavy atom. The average molecular weight is 669 g/mol. The molecule has 0 aliphatic heterocycles. The van der Waals surface area contributed by atoms with Crippen LogP contribution in [-0.2, 0) is 32.6 Å². The van der Waals surface area contributed by atoms with E-state index < -0.39 is 28.5 Å². The largest absolute Gasteiger partial charge is 0.357 e. The number of nitrogens with one attached hydrogen (secondary N) is 1. The van der Waals surface area contributed by atoms with Gasteiger partial charge in [0.15, 0.2) is 0 Å². The minimum atomic E-state index is -4.19. The molecule has 1 atom stereocenters. The molecule has 1 N–H and O–H groups in total. The third kappa shape index (κ3) is 7.59. The van der Waals surface area contributed by atoms with Gasteiger partial charge in [0.2, 0.25) is 11.8 Å². The Bertz CT molecular complexity index is 1630. The van der Waals surface area contributed by atoms with Gasteiger partial charge in [-0.15, -0.1) is 0 Å². The van der Waals surface area contributed by atoms with Gasteiger partial charge in [0.05, 0.1) is 10.6 Å². The van der Waals surface area contributed by atoms with Crippen LogP contribution in [0.15, 0.2) is 112 Å². The molecule has 0 bridgehead atoms. The van der Waals surface area contributed by atoms with Crippen LogP contribution < -0.4 is 9.62 Å². The quantitative estimate of drug-likeness (QED) is 0.213. The Balaban J connectivity index is 1.79. The molecule has 42 heavy (non-hydrogen) atoms. The molecule has 0 spiro atoms. The molecule has 4 rings (SSSR count). The van der Waals surface area contributed by atoms with Crippen molar-refractivity contribution in [2.75, 3.05) is 17.9 Å². The van der Waals surface area contributed by atoms with Crippen LogP contribution in [0.2, 0.25) is 5.02 Å². The number of halogens is 2. The molecule has 0 saturated carbocycles. The van der Waals surface area contributed by atoms with Crippen molar-refractivity contribution in [2.45, 2.75) is 30.8 Å². The Hall–Kier alpha value is -3.66. The fraction of sp³-hybridized carbons (Fsp3) is 0.188. The zero-order chi connectivity index (χ0) is 30.3. The highest BCUT2D eigenvalue weighted by Gasteiger charge is 2.34. The van der Waals surface area contributed by atoms with Crippen LogP contribution in [0.3, 0.4) is 0 Å². The van der Waals surface area contributed by atoms with Crippen molar-refractivity contribution >= 4 is 55.1 Å². The first-order valence-corrected chi connectivity index (χ1v) is 15.8. The van der Waals surface area contributed by atoms with Crippen LogP contribution in [0, 0.1) is 6.92 Å². The van der Waals surface area contributed by atoms with Gasteiger partial charge in [-0.3, -0.25) is 13.9 Å². The van der Waals surface area contributed by atoms with Gasteiger partial charge in [0, 0.05) is 29.5 Å². The fourth-order valence-corrected chi connectivity index (χ4v) is 6.47. The van der Waals surface area contributed by atoms with Crippen molar-refractivity contribution in [3.05, 3.63) is 129 Å². The van der Waals surface area contributed by atoms with Crippen LogP contribution in [0.4, 0.5) is 5.69 Å². The number of rotatable bonds is 11. The van der Waals surface area contributed by atoms with E-state index in [0.717, 1.165) is 19.9 Å². The van der Waals surface area contributed by atoms with Gasteiger partial charge in [-0.05, 0) is 66.1 Å². The second kappa shape index (κ2) is 14.0. The molecule has 10 heteroatoms. The molecule has 0 fully saturated rings. The molecule has 2 amide bonds. The number of hydrogen-bond donors (Lipinski definition) is 1. The number of para-hydroxylation sites is 1. The summed E-state index contributed by atoms with van der Waals surface area (Å²) < 4.78 is 30.0. The van der Waals surface area contributed by atoms with Gasteiger partial charge in [0.25, 0.3) is 10.0 Å². The van der Waals surface area contributed by atoms with E-state index in [-0.39, 0.29) is 23.8 Å². The lowest BCUT2D eigenvalue weighted by Crippen LogP contribution is -2.53. The summed E-state index contributed by atoms with van der Waals surface area (Å²) in [6.07, 6.45) is 0.247. The van der Waals surface area contributed by atoms with Crippen molar-refractivity contribution in [3.8, 4) is 0 Å². The summed E-state index contributed by atoms with van der Waals surface area (Å²) >= 11 is 9.47. The molecule has 4 aromatic carbocycles. The Kier molecular flexibility index (Phi) is 10.4.